The number of sulfonamides is 1. The van der Waals surface area contributed by atoms with Crippen LogP contribution in [0.5, 0.6) is 0 Å². The van der Waals surface area contributed by atoms with Crippen molar-refractivity contribution in [3.8, 4) is 0 Å². The number of halogens is 2. The zero-order valence-electron chi connectivity index (χ0n) is 10.5. The van der Waals surface area contributed by atoms with Gasteiger partial charge in [0.15, 0.2) is 0 Å². The van der Waals surface area contributed by atoms with Gasteiger partial charge >= 0.3 is 0 Å². The summed E-state index contributed by atoms with van der Waals surface area (Å²) in [5.41, 5.74) is 0.889. The second kappa shape index (κ2) is 6.72. The van der Waals surface area contributed by atoms with Gasteiger partial charge in [0, 0.05) is 5.33 Å². The molecular formula is C14H13BrClNO2S. The molecule has 0 spiro atoms. The van der Waals surface area contributed by atoms with Gasteiger partial charge in [-0.3, -0.25) is 0 Å². The minimum absolute atomic E-state index is 0.0866. The van der Waals surface area contributed by atoms with Gasteiger partial charge in [-0.25, -0.2) is 13.1 Å². The normalized spacial score (nSPS) is 13.1. The van der Waals surface area contributed by atoms with Crippen LogP contribution in [0.25, 0.3) is 0 Å². The molecule has 0 saturated heterocycles. The lowest BCUT2D eigenvalue weighted by molar-refractivity contribution is 0.569. The number of hydrogen-bond donors (Lipinski definition) is 1. The van der Waals surface area contributed by atoms with Crippen LogP contribution in [0.15, 0.2) is 59.5 Å². The van der Waals surface area contributed by atoms with E-state index in [1.165, 1.54) is 6.07 Å². The fourth-order valence-electron chi connectivity index (χ4n) is 1.79. The molecule has 20 heavy (non-hydrogen) atoms. The Bertz CT molecular complexity index is 677. The van der Waals surface area contributed by atoms with Gasteiger partial charge in [0.25, 0.3) is 0 Å². The minimum atomic E-state index is -3.66. The Balaban J connectivity index is 2.30. The Labute approximate surface area is 132 Å². The number of hydrogen-bond acceptors (Lipinski definition) is 2. The first-order valence-corrected chi connectivity index (χ1v) is 8.90. The van der Waals surface area contributed by atoms with Crippen molar-refractivity contribution in [1.29, 1.82) is 0 Å². The van der Waals surface area contributed by atoms with E-state index in [1.807, 2.05) is 30.3 Å². The van der Waals surface area contributed by atoms with Crippen molar-refractivity contribution in [2.45, 2.75) is 10.9 Å². The van der Waals surface area contributed by atoms with Crippen molar-refractivity contribution in [2.75, 3.05) is 5.33 Å². The zero-order valence-corrected chi connectivity index (χ0v) is 13.6. The lowest BCUT2D eigenvalue weighted by Crippen LogP contribution is -2.29. The molecule has 0 bridgehead atoms. The highest BCUT2D eigenvalue weighted by Gasteiger charge is 2.22. The summed E-state index contributed by atoms with van der Waals surface area (Å²) in [5, 5.41) is 0.683. The molecule has 106 valence electrons. The van der Waals surface area contributed by atoms with E-state index in [2.05, 4.69) is 20.7 Å². The number of benzene rings is 2. The van der Waals surface area contributed by atoms with Gasteiger partial charge in [0.1, 0.15) is 4.90 Å². The van der Waals surface area contributed by atoms with Gasteiger partial charge in [-0.2, -0.15) is 0 Å². The molecule has 1 unspecified atom stereocenters. The molecule has 1 N–H and O–H groups in total. The van der Waals surface area contributed by atoms with Crippen LogP contribution in [0.3, 0.4) is 0 Å². The third-order valence-corrected chi connectivity index (χ3v) is 5.40. The molecule has 2 rings (SSSR count). The van der Waals surface area contributed by atoms with Crippen LogP contribution in [-0.4, -0.2) is 13.7 Å². The van der Waals surface area contributed by atoms with Gasteiger partial charge in [-0.15, -0.1) is 0 Å². The highest BCUT2D eigenvalue weighted by molar-refractivity contribution is 9.09. The largest absolute Gasteiger partial charge is 0.242 e. The van der Waals surface area contributed by atoms with Gasteiger partial charge < -0.3 is 0 Å². The lowest BCUT2D eigenvalue weighted by Gasteiger charge is -2.17. The van der Waals surface area contributed by atoms with Crippen molar-refractivity contribution < 1.29 is 8.42 Å². The molecular weight excluding hydrogens is 362 g/mol. The maximum absolute atomic E-state index is 12.4. The summed E-state index contributed by atoms with van der Waals surface area (Å²) in [7, 11) is -3.66. The predicted molar refractivity (Wildman–Crippen MR) is 84.8 cm³/mol. The second-order valence-corrected chi connectivity index (χ2v) is 6.91. The summed E-state index contributed by atoms with van der Waals surface area (Å²) < 4.78 is 27.4. The zero-order chi connectivity index (χ0) is 14.6. The average molecular weight is 375 g/mol. The molecule has 0 aliphatic carbocycles. The molecule has 3 nitrogen and oxygen atoms in total. The summed E-state index contributed by atoms with van der Waals surface area (Å²) in [4.78, 5) is 0.0866. The van der Waals surface area contributed by atoms with Crippen LogP contribution >= 0.6 is 27.5 Å². The van der Waals surface area contributed by atoms with Gasteiger partial charge in [-0.05, 0) is 17.7 Å². The molecule has 0 amide bonds. The third kappa shape index (κ3) is 3.61. The Morgan fingerprint density at radius 1 is 1.05 bits per heavy atom. The highest BCUT2D eigenvalue weighted by atomic mass is 79.9. The molecule has 2 aromatic rings. The molecule has 0 fully saturated rings. The van der Waals surface area contributed by atoms with Crippen LogP contribution in [-0.2, 0) is 10.0 Å². The smallest absolute Gasteiger partial charge is 0.207 e. The molecule has 1 atom stereocenters. The fraction of sp³-hybridized carbons (Fsp3) is 0.143. The van der Waals surface area contributed by atoms with Crippen LogP contribution < -0.4 is 4.72 Å². The summed E-state index contributed by atoms with van der Waals surface area (Å²) in [5.74, 6) is 0. The fourth-order valence-corrected chi connectivity index (χ4v) is 4.28. The first kappa shape index (κ1) is 15.5. The molecule has 0 heterocycles. The quantitative estimate of drug-likeness (QED) is 0.810. The Morgan fingerprint density at radius 3 is 2.25 bits per heavy atom. The van der Waals surface area contributed by atoms with Crippen molar-refractivity contribution in [3.63, 3.8) is 0 Å². The average Bonchev–Trinajstić information content (AvgIpc) is 2.46. The summed E-state index contributed by atoms with van der Waals surface area (Å²) in [6.45, 7) is 0. The first-order valence-electron chi connectivity index (χ1n) is 5.92. The SMILES string of the molecule is O=S(=O)(NC(CBr)c1ccccc1)c1ccccc1Cl. The third-order valence-electron chi connectivity index (χ3n) is 2.78. The molecule has 0 aliphatic heterocycles. The highest BCUT2D eigenvalue weighted by Crippen LogP contribution is 2.23. The molecule has 0 aliphatic rings. The van der Waals surface area contributed by atoms with Gasteiger partial charge in [0.05, 0.1) is 11.1 Å². The predicted octanol–water partition coefficient (Wildman–Crippen LogP) is 3.75. The second-order valence-electron chi connectivity index (χ2n) is 4.17. The number of rotatable bonds is 5. The van der Waals surface area contributed by atoms with E-state index in [1.54, 1.807) is 18.2 Å². The maximum atomic E-state index is 12.4. The summed E-state index contributed by atoms with van der Waals surface area (Å²) in [6.07, 6.45) is 0. The van der Waals surface area contributed by atoms with Crippen molar-refractivity contribution in [2.24, 2.45) is 0 Å². The molecule has 2 aromatic carbocycles. The summed E-state index contributed by atoms with van der Waals surface area (Å²) in [6, 6.07) is 15.4. The maximum Gasteiger partial charge on any atom is 0.242 e. The number of alkyl halides is 1. The van der Waals surface area contributed by atoms with Crippen LogP contribution in [0.4, 0.5) is 0 Å². The van der Waals surface area contributed by atoms with Crippen molar-refractivity contribution in [1.82, 2.24) is 4.72 Å². The van der Waals surface area contributed by atoms with Gasteiger partial charge in [-0.1, -0.05) is 70.0 Å². The Morgan fingerprint density at radius 2 is 1.65 bits per heavy atom. The Hall–Kier alpha value is -0.880. The summed E-state index contributed by atoms with van der Waals surface area (Å²) >= 11 is 9.29. The molecule has 6 heteroatoms. The van der Waals surface area contributed by atoms with E-state index < -0.39 is 10.0 Å². The van der Waals surface area contributed by atoms with Crippen LogP contribution in [0.2, 0.25) is 5.02 Å². The van der Waals surface area contributed by atoms with Crippen LogP contribution in [0, 0.1) is 0 Å². The van der Waals surface area contributed by atoms with E-state index in [-0.39, 0.29) is 16.0 Å². The van der Waals surface area contributed by atoms with Crippen molar-refractivity contribution >= 4 is 37.6 Å². The molecule has 0 radical (unpaired) electrons. The van der Waals surface area contributed by atoms with E-state index in [4.69, 9.17) is 11.6 Å². The minimum Gasteiger partial charge on any atom is -0.207 e. The number of nitrogens with one attached hydrogen (secondary N) is 1. The topological polar surface area (TPSA) is 46.2 Å². The molecule has 0 aromatic heterocycles. The van der Waals surface area contributed by atoms with E-state index >= 15 is 0 Å². The van der Waals surface area contributed by atoms with E-state index in [9.17, 15) is 8.42 Å². The Kier molecular flexibility index (Phi) is 5.21. The molecule has 0 saturated carbocycles. The standard InChI is InChI=1S/C14H13BrClNO2S/c15-10-13(11-6-2-1-3-7-11)17-20(18,19)14-9-5-4-8-12(14)16/h1-9,13,17H,10H2. The monoisotopic (exact) mass is 373 g/mol. The lowest BCUT2D eigenvalue weighted by atomic mass is 10.1. The van der Waals surface area contributed by atoms with Gasteiger partial charge in [0.2, 0.25) is 10.0 Å². The van der Waals surface area contributed by atoms with E-state index in [0.29, 0.717) is 5.33 Å². The first-order chi connectivity index (χ1) is 9.54. The van der Waals surface area contributed by atoms with E-state index in [0.717, 1.165) is 5.56 Å². The van der Waals surface area contributed by atoms with Crippen molar-refractivity contribution in [3.05, 3.63) is 65.2 Å². The van der Waals surface area contributed by atoms with Crippen LogP contribution in [0.1, 0.15) is 11.6 Å².